The molecule has 3 heteroatoms. The Hall–Kier alpha value is -1.09. The summed E-state index contributed by atoms with van der Waals surface area (Å²) < 4.78 is 5.43. The molecule has 1 atom stereocenters. The highest BCUT2D eigenvalue weighted by Gasteiger charge is 2.24. The summed E-state index contributed by atoms with van der Waals surface area (Å²) in [5.74, 6) is 2.58. The maximum Gasteiger partial charge on any atom is 0.126 e. The molecule has 0 amide bonds. The van der Waals surface area contributed by atoms with E-state index in [2.05, 4.69) is 24.9 Å². The summed E-state index contributed by atoms with van der Waals surface area (Å²) in [4.78, 5) is 4.23. The molecule has 2 N–H and O–H groups in total. The molecule has 3 nitrogen and oxygen atoms in total. The van der Waals surface area contributed by atoms with Crippen molar-refractivity contribution in [1.82, 2.24) is 4.98 Å². The van der Waals surface area contributed by atoms with Crippen LogP contribution in [-0.2, 0) is 4.74 Å². The molecular formula is C15H24N2O. The molecule has 0 bridgehead atoms. The molecule has 18 heavy (non-hydrogen) atoms. The van der Waals surface area contributed by atoms with E-state index in [1.54, 1.807) is 6.20 Å². The zero-order valence-electron chi connectivity index (χ0n) is 11.4. The van der Waals surface area contributed by atoms with Gasteiger partial charge in [0.05, 0.1) is 0 Å². The Morgan fingerprint density at radius 2 is 2.11 bits per heavy atom. The predicted octanol–water partition coefficient (Wildman–Crippen LogP) is 3.22. The Kier molecular flexibility index (Phi) is 4.59. The molecule has 0 saturated carbocycles. The third kappa shape index (κ3) is 3.22. The van der Waals surface area contributed by atoms with E-state index in [4.69, 9.17) is 10.5 Å². The lowest BCUT2D eigenvalue weighted by Crippen LogP contribution is -2.20. The van der Waals surface area contributed by atoms with Crippen LogP contribution in [0.1, 0.15) is 44.6 Å². The van der Waals surface area contributed by atoms with Crippen molar-refractivity contribution < 1.29 is 4.74 Å². The lowest BCUT2D eigenvalue weighted by atomic mass is 9.79. The van der Waals surface area contributed by atoms with Crippen molar-refractivity contribution in [3.63, 3.8) is 0 Å². The van der Waals surface area contributed by atoms with Gasteiger partial charge in [0.25, 0.3) is 0 Å². The van der Waals surface area contributed by atoms with Gasteiger partial charge in [-0.3, -0.25) is 0 Å². The molecule has 0 aliphatic carbocycles. The molecule has 0 radical (unpaired) electrons. The van der Waals surface area contributed by atoms with Crippen LogP contribution >= 0.6 is 0 Å². The van der Waals surface area contributed by atoms with E-state index in [0.717, 1.165) is 19.1 Å². The van der Waals surface area contributed by atoms with Crippen LogP contribution in [0.4, 0.5) is 5.82 Å². The quantitative estimate of drug-likeness (QED) is 0.890. The minimum absolute atomic E-state index is 0.516. The molecule has 2 heterocycles. The summed E-state index contributed by atoms with van der Waals surface area (Å²) in [5.41, 5.74) is 7.25. The fourth-order valence-electron chi connectivity index (χ4n) is 2.84. The number of nitrogen functional groups attached to an aromatic ring is 1. The maximum absolute atomic E-state index is 6.03. The zero-order valence-corrected chi connectivity index (χ0v) is 11.4. The lowest BCUT2D eigenvalue weighted by Gasteiger charge is -2.29. The largest absolute Gasteiger partial charge is 0.383 e. The van der Waals surface area contributed by atoms with Crippen LogP contribution in [0.3, 0.4) is 0 Å². The van der Waals surface area contributed by atoms with Gasteiger partial charge in [-0.1, -0.05) is 19.9 Å². The van der Waals surface area contributed by atoms with Crippen LogP contribution in [0.5, 0.6) is 0 Å². The van der Waals surface area contributed by atoms with Crippen molar-refractivity contribution in [2.75, 3.05) is 18.9 Å². The first-order valence-electron chi connectivity index (χ1n) is 6.96. The second-order valence-corrected chi connectivity index (χ2v) is 5.62. The minimum Gasteiger partial charge on any atom is -0.383 e. The molecule has 1 unspecified atom stereocenters. The van der Waals surface area contributed by atoms with Crippen LogP contribution < -0.4 is 5.73 Å². The molecule has 1 aliphatic heterocycles. The number of nitrogens with two attached hydrogens (primary N) is 1. The Bertz CT molecular complexity index is 373. The highest BCUT2D eigenvalue weighted by Crippen LogP contribution is 2.36. The average Bonchev–Trinajstić information content (AvgIpc) is 2.38. The van der Waals surface area contributed by atoms with Gasteiger partial charge in [-0.25, -0.2) is 4.98 Å². The number of rotatable bonds is 4. The van der Waals surface area contributed by atoms with Crippen molar-refractivity contribution >= 4 is 5.82 Å². The topological polar surface area (TPSA) is 48.1 Å². The number of hydrogen-bond donors (Lipinski definition) is 1. The number of ether oxygens (including phenoxy) is 1. The van der Waals surface area contributed by atoms with Crippen LogP contribution in [0, 0.1) is 11.8 Å². The minimum atomic E-state index is 0.516. The fraction of sp³-hybridized carbons (Fsp3) is 0.667. The van der Waals surface area contributed by atoms with Crippen molar-refractivity contribution in [2.24, 2.45) is 11.8 Å². The lowest BCUT2D eigenvalue weighted by molar-refractivity contribution is 0.0601. The normalized spacial score (nSPS) is 19.1. The van der Waals surface area contributed by atoms with Gasteiger partial charge in [-0.15, -0.1) is 0 Å². The van der Waals surface area contributed by atoms with Gasteiger partial charge >= 0.3 is 0 Å². The van der Waals surface area contributed by atoms with E-state index in [-0.39, 0.29) is 0 Å². The van der Waals surface area contributed by atoms with Crippen molar-refractivity contribution in [2.45, 2.75) is 39.0 Å². The smallest absolute Gasteiger partial charge is 0.126 e. The van der Waals surface area contributed by atoms with Gasteiger partial charge in [-0.05, 0) is 48.6 Å². The zero-order chi connectivity index (χ0) is 13.0. The van der Waals surface area contributed by atoms with E-state index in [0.29, 0.717) is 17.7 Å². The average molecular weight is 248 g/mol. The van der Waals surface area contributed by atoms with Gasteiger partial charge < -0.3 is 10.5 Å². The second kappa shape index (κ2) is 6.19. The summed E-state index contributed by atoms with van der Waals surface area (Å²) in [6.07, 6.45) is 5.34. The van der Waals surface area contributed by atoms with Crippen LogP contribution in [0.15, 0.2) is 18.3 Å². The van der Waals surface area contributed by atoms with Crippen LogP contribution in [0.2, 0.25) is 0 Å². The van der Waals surface area contributed by atoms with Crippen LogP contribution in [0.25, 0.3) is 0 Å². The first-order chi connectivity index (χ1) is 8.68. The summed E-state index contributed by atoms with van der Waals surface area (Å²) in [6.45, 7) is 6.38. The van der Waals surface area contributed by atoms with Crippen molar-refractivity contribution in [3.8, 4) is 0 Å². The van der Waals surface area contributed by atoms with E-state index >= 15 is 0 Å². The highest BCUT2D eigenvalue weighted by atomic mass is 16.5. The van der Waals surface area contributed by atoms with Gasteiger partial charge in [0.2, 0.25) is 0 Å². The summed E-state index contributed by atoms with van der Waals surface area (Å²) in [6, 6.07) is 4.12. The standard InChI is InChI=1S/C15H24N2O/c1-11(2)14(10-12-5-8-18-9-6-12)13-4-3-7-17-15(13)16/h3-4,7,11-12,14H,5-6,8-10H2,1-2H3,(H2,16,17). The molecule has 1 fully saturated rings. The summed E-state index contributed by atoms with van der Waals surface area (Å²) in [7, 11) is 0. The monoisotopic (exact) mass is 248 g/mol. The SMILES string of the molecule is CC(C)C(CC1CCOCC1)c1cccnc1N. The van der Waals surface area contributed by atoms with E-state index in [1.807, 2.05) is 6.07 Å². The van der Waals surface area contributed by atoms with Gasteiger partial charge in [0.1, 0.15) is 5.82 Å². The Labute approximate surface area is 110 Å². The van der Waals surface area contributed by atoms with Crippen LogP contribution in [-0.4, -0.2) is 18.2 Å². The maximum atomic E-state index is 6.03. The van der Waals surface area contributed by atoms with Gasteiger partial charge in [0, 0.05) is 19.4 Å². The summed E-state index contributed by atoms with van der Waals surface area (Å²) in [5, 5.41) is 0. The highest BCUT2D eigenvalue weighted by molar-refractivity contribution is 5.41. The molecule has 0 aromatic carbocycles. The van der Waals surface area contributed by atoms with E-state index in [9.17, 15) is 0 Å². The number of aromatic nitrogens is 1. The predicted molar refractivity (Wildman–Crippen MR) is 74.4 cm³/mol. The molecule has 0 spiro atoms. The van der Waals surface area contributed by atoms with E-state index in [1.165, 1.54) is 24.8 Å². The Morgan fingerprint density at radius 3 is 2.72 bits per heavy atom. The third-order valence-electron chi connectivity index (χ3n) is 4.00. The van der Waals surface area contributed by atoms with Crippen molar-refractivity contribution in [1.29, 1.82) is 0 Å². The molecule has 1 aliphatic rings. The number of nitrogens with zero attached hydrogens (tertiary/aromatic N) is 1. The molecule has 2 rings (SSSR count). The van der Waals surface area contributed by atoms with E-state index < -0.39 is 0 Å². The molecule has 1 aromatic rings. The third-order valence-corrected chi connectivity index (χ3v) is 4.00. The number of anilines is 1. The number of pyridine rings is 1. The molecule has 1 aromatic heterocycles. The Balaban J connectivity index is 2.10. The first-order valence-corrected chi connectivity index (χ1v) is 6.96. The van der Waals surface area contributed by atoms with Gasteiger partial charge in [0.15, 0.2) is 0 Å². The molecule has 1 saturated heterocycles. The summed E-state index contributed by atoms with van der Waals surface area (Å²) >= 11 is 0. The first kappa shape index (κ1) is 13.3. The molecule has 100 valence electrons. The van der Waals surface area contributed by atoms with Gasteiger partial charge in [-0.2, -0.15) is 0 Å². The number of hydrogen-bond acceptors (Lipinski definition) is 3. The Morgan fingerprint density at radius 1 is 1.39 bits per heavy atom. The fourth-order valence-corrected chi connectivity index (χ4v) is 2.84. The molecular weight excluding hydrogens is 224 g/mol. The second-order valence-electron chi connectivity index (χ2n) is 5.62. The van der Waals surface area contributed by atoms with Crippen molar-refractivity contribution in [3.05, 3.63) is 23.9 Å².